The Bertz CT molecular complexity index is 780. The van der Waals surface area contributed by atoms with Crippen molar-refractivity contribution in [1.82, 2.24) is 18.7 Å². The summed E-state index contributed by atoms with van der Waals surface area (Å²) >= 11 is 0. The minimum Gasteiger partial charge on any atom is -0.368 e. The van der Waals surface area contributed by atoms with Crippen LogP contribution in [0.4, 0.5) is 5.95 Å². The molecule has 20 heavy (non-hydrogen) atoms. The Morgan fingerprint density at radius 1 is 1.40 bits per heavy atom. The first-order valence-electron chi connectivity index (χ1n) is 5.51. The number of hydrogen-bond donors (Lipinski definition) is 3. The zero-order chi connectivity index (χ0) is 15.1. The number of nitrogens with zero attached hydrogens (tertiary/aromatic N) is 3. The molecule has 0 bridgehead atoms. The molecule has 5 N–H and O–H groups in total. The Morgan fingerprint density at radius 2 is 2.05 bits per heavy atom. The van der Waals surface area contributed by atoms with Gasteiger partial charge in [0.2, 0.25) is 5.95 Å². The molecule has 1 aromatic carbocycles. The summed E-state index contributed by atoms with van der Waals surface area (Å²) in [5.41, 5.74) is 8.47. The quantitative estimate of drug-likeness (QED) is 0.373. The highest BCUT2D eigenvalue weighted by Gasteiger charge is 2.23. The molecule has 0 spiro atoms. The van der Waals surface area contributed by atoms with Crippen LogP contribution in [0, 0.1) is 0 Å². The van der Waals surface area contributed by atoms with Crippen molar-refractivity contribution in [2.24, 2.45) is 5.84 Å². The number of hydrazine groups is 1. The Kier molecular flexibility index (Phi) is 3.38. The Hall–Kier alpha value is -2.17. The van der Waals surface area contributed by atoms with Gasteiger partial charge in [-0.1, -0.05) is 0 Å². The van der Waals surface area contributed by atoms with Crippen molar-refractivity contribution in [2.75, 3.05) is 19.8 Å². The number of anilines is 1. The maximum Gasteiger partial charge on any atom is 0.310 e. The van der Waals surface area contributed by atoms with Crippen molar-refractivity contribution in [2.45, 2.75) is 0 Å². The average Bonchev–Trinajstić information content (AvgIpc) is 2.72. The van der Waals surface area contributed by atoms with Gasteiger partial charge in [-0.15, -0.1) is 0 Å². The van der Waals surface area contributed by atoms with Crippen LogP contribution in [0.25, 0.3) is 11.0 Å². The van der Waals surface area contributed by atoms with E-state index in [0.29, 0.717) is 0 Å². The molecule has 10 heteroatoms. The highest BCUT2D eigenvalue weighted by Crippen LogP contribution is 2.22. The number of aromatic nitrogens is 2. The van der Waals surface area contributed by atoms with E-state index in [4.69, 9.17) is 11.6 Å². The minimum absolute atomic E-state index is 0.181. The highest BCUT2D eigenvalue weighted by molar-refractivity contribution is 7.87. The number of imidazole rings is 1. The third-order valence-electron chi connectivity index (χ3n) is 2.72. The topological polar surface area (TPSA) is 136 Å². The standard InChI is InChI=1S/C10H14N6O3S/c1-15(2)20(18,19)16-8-4-3-6(9(17)14-12)5-7(8)13-10(16)11/h3-5H,12H2,1-2H3,(H2,11,13)(H,14,17). The van der Waals surface area contributed by atoms with Crippen LogP contribution in [-0.2, 0) is 10.2 Å². The van der Waals surface area contributed by atoms with Crippen molar-refractivity contribution < 1.29 is 13.2 Å². The Balaban J connectivity index is 2.71. The largest absolute Gasteiger partial charge is 0.368 e. The number of amides is 1. The fourth-order valence-electron chi connectivity index (χ4n) is 1.71. The van der Waals surface area contributed by atoms with Crippen LogP contribution in [0.1, 0.15) is 10.4 Å². The first-order chi connectivity index (χ1) is 9.28. The van der Waals surface area contributed by atoms with Crippen LogP contribution in [0.5, 0.6) is 0 Å². The molecule has 108 valence electrons. The molecule has 0 unspecified atom stereocenters. The number of benzene rings is 1. The number of fused-ring (bicyclic) bond motifs is 1. The van der Waals surface area contributed by atoms with Crippen LogP contribution in [0.2, 0.25) is 0 Å². The van der Waals surface area contributed by atoms with E-state index < -0.39 is 16.1 Å². The van der Waals surface area contributed by atoms with Gasteiger partial charge in [-0.05, 0) is 18.2 Å². The molecule has 1 heterocycles. The van der Waals surface area contributed by atoms with Gasteiger partial charge in [0.05, 0.1) is 11.0 Å². The van der Waals surface area contributed by atoms with E-state index in [2.05, 4.69) is 4.98 Å². The van der Waals surface area contributed by atoms with Crippen molar-refractivity contribution in [3.63, 3.8) is 0 Å². The summed E-state index contributed by atoms with van der Waals surface area (Å²) in [5, 5.41) is 0. The minimum atomic E-state index is -3.79. The fourth-order valence-corrected chi connectivity index (χ4v) is 2.71. The normalized spacial score (nSPS) is 12.0. The number of nitrogen functional groups attached to an aromatic ring is 2. The van der Waals surface area contributed by atoms with Gasteiger partial charge in [0.25, 0.3) is 5.91 Å². The number of carbonyl (C=O) groups excluding carboxylic acids is 1. The molecule has 0 saturated carbocycles. The van der Waals surface area contributed by atoms with E-state index in [1.165, 1.54) is 32.3 Å². The van der Waals surface area contributed by atoms with Gasteiger partial charge in [0, 0.05) is 19.7 Å². The van der Waals surface area contributed by atoms with Crippen molar-refractivity contribution in [3.05, 3.63) is 23.8 Å². The lowest BCUT2D eigenvalue weighted by atomic mass is 10.2. The molecule has 9 nitrogen and oxygen atoms in total. The average molecular weight is 298 g/mol. The first-order valence-corrected chi connectivity index (χ1v) is 6.90. The van der Waals surface area contributed by atoms with Gasteiger partial charge in [0.15, 0.2) is 0 Å². The zero-order valence-corrected chi connectivity index (χ0v) is 11.7. The summed E-state index contributed by atoms with van der Waals surface area (Å²) in [6.45, 7) is 0. The van der Waals surface area contributed by atoms with Crippen LogP contribution >= 0.6 is 0 Å². The van der Waals surface area contributed by atoms with Crippen molar-refractivity contribution in [3.8, 4) is 0 Å². The molecule has 0 saturated heterocycles. The summed E-state index contributed by atoms with van der Waals surface area (Å²) in [5.74, 6) is 4.35. The second-order valence-electron chi connectivity index (χ2n) is 4.20. The predicted octanol–water partition coefficient (Wildman–Crippen LogP) is -1.12. The van der Waals surface area contributed by atoms with Crippen LogP contribution in [-0.4, -0.2) is 41.7 Å². The van der Waals surface area contributed by atoms with Gasteiger partial charge < -0.3 is 5.73 Å². The van der Waals surface area contributed by atoms with E-state index >= 15 is 0 Å². The molecular weight excluding hydrogens is 284 g/mol. The van der Waals surface area contributed by atoms with E-state index in [-0.39, 0.29) is 22.5 Å². The van der Waals surface area contributed by atoms with E-state index in [0.717, 1.165) is 8.28 Å². The number of nitrogens with two attached hydrogens (primary N) is 2. The summed E-state index contributed by atoms with van der Waals surface area (Å²) in [6.07, 6.45) is 0. The second kappa shape index (κ2) is 4.74. The lowest BCUT2D eigenvalue weighted by Gasteiger charge is -2.13. The van der Waals surface area contributed by atoms with E-state index in [1.54, 1.807) is 0 Å². The van der Waals surface area contributed by atoms with Gasteiger partial charge in [-0.3, -0.25) is 10.2 Å². The molecule has 0 fully saturated rings. The van der Waals surface area contributed by atoms with Gasteiger partial charge in [-0.2, -0.15) is 16.7 Å². The Labute approximate surface area is 115 Å². The maximum atomic E-state index is 12.2. The number of rotatable bonds is 3. The maximum absolute atomic E-state index is 12.2. The molecule has 0 aliphatic carbocycles. The smallest absolute Gasteiger partial charge is 0.310 e. The molecule has 0 atom stereocenters. The van der Waals surface area contributed by atoms with Crippen molar-refractivity contribution in [1.29, 1.82) is 0 Å². The molecule has 1 amide bonds. The lowest BCUT2D eigenvalue weighted by molar-refractivity contribution is 0.0954. The fraction of sp³-hybridized carbons (Fsp3) is 0.200. The molecule has 0 aliphatic rings. The van der Waals surface area contributed by atoms with Crippen LogP contribution in [0.3, 0.4) is 0 Å². The molecule has 2 aromatic rings. The SMILES string of the molecule is CN(C)S(=O)(=O)n1c(N)nc2cc(C(=O)NN)ccc21. The predicted molar refractivity (Wildman–Crippen MR) is 73.8 cm³/mol. The molecule has 1 aromatic heterocycles. The Morgan fingerprint density at radius 3 is 2.60 bits per heavy atom. The summed E-state index contributed by atoms with van der Waals surface area (Å²) < 4.78 is 26.3. The van der Waals surface area contributed by atoms with E-state index in [9.17, 15) is 13.2 Å². The van der Waals surface area contributed by atoms with Crippen LogP contribution in [0.15, 0.2) is 18.2 Å². The highest BCUT2D eigenvalue weighted by atomic mass is 32.2. The summed E-state index contributed by atoms with van der Waals surface area (Å²) in [6, 6.07) is 4.30. The first kappa shape index (κ1) is 14.2. The number of carbonyl (C=O) groups is 1. The number of hydrogen-bond acceptors (Lipinski definition) is 6. The summed E-state index contributed by atoms with van der Waals surface area (Å²) in [7, 11) is -1.02. The van der Waals surface area contributed by atoms with Crippen molar-refractivity contribution >= 4 is 33.1 Å². The third kappa shape index (κ3) is 2.09. The van der Waals surface area contributed by atoms with Gasteiger partial charge >= 0.3 is 10.2 Å². The molecular formula is C10H14N6O3S. The number of nitrogens with one attached hydrogen (secondary N) is 1. The zero-order valence-electron chi connectivity index (χ0n) is 10.9. The molecule has 2 rings (SSSR count). The third-order valence-corrected chi connectivity index (χ3v) is 4.49. The molecule has 0 radical (unpaired) electrons. The monoisotopic (exact) mass is 298 g/mol. The second-order valence-corrected chi connectivity index (χ2v) is 6.19. The van der Waals surface area contributed by atoms with Gasteiger partial charge in [-0.25, -0.2) is 10.8 Å². The lowest BCUT2D eigenvalue weighted by Crippen LogP contribution is -2.30. The van der Waals surface area contributed by atoms with Crippen LogP contribution < -0.4 is 17.0 Å². The van der Waals surface area contributed by atoms with Gasteiger partial charge in [0.1, 0.15) is 0 Å². The summed E-state index contributed by atoms with van der Waals surface area (Å²) in [4.78, 5) is 15.4. The molecule has 0 aliphatic heterocycles. The van der Waals surface area contributed by atoms with E-state index in [1.807, 2.05) is 5.43 Å².